The van der Waals surface area contributed by atoms with Gasteiger partial charge in [-0.15, -0.1) is 0 Å². The third-order valence-corrected chi connectivity index (χ3v) is 5.32. The summed E-state index contributed by atoms with van der Waals surface area (Å²) in [6.45, 7) is 5.75. The molecule has 1 unspecified atom stereocenters. The van der Waals surface area contributed by atoms with Gasteiger partial charge in [-0.2, -0.15) is 0 Å². The fourth-order valence-electron chi connectivity index (χ4n) is 4.34. The van der Waals surface area contributed by atoms with E-state index in [1.54, 1.807) is 6.92 Å². The summed E-state index contributed by atoms with van der Waals surface area (Å²) in [5, 5.41) is 0. The number of fused-ring (bicyclic) bond motifs is 2. The van der Waals surface area contributed by atoms with E-state index in [9.17, 15) is 4.79 Å². The molecule has 0 N–H and O–H groups in total. The Morgan fingerprint density at radius 3 is 2.67 bits per heavy atom. The van der Waals surface area contributed by atoms with Crippen LogP contribution in [-0.4, -0.2) is 33.3 Å². The summed E-state index contributed by atoms with van der Waals surface area (Å²) >= 11 is 0. The molecule has 1 aliphatic carbocycles. The largest absolute Gasteiger partial charge is 0.342 e. The van der Waals surface area contributed by atoms with Crippen LogP contribution in [0.15, 0.2) is 24.8 Å². The zero-order chi connectivity index (χ0) is 14.6. The quantitative estimate of drug-likeness (QED) is 0.807. The molecular weight excluding hydrogens is 262 g/mol. The lowest BCUT2D eigenvalue weighted by atomic mass is 9.94. The zero-order valence-corrected chi connectivity index (χ0v) is 12.6. The normalized spacial score (nSPS) is 28.3. The first-order valence-electron chi connectivity index (χ1n) is 7.79. The number of aryl methyl sites for hydroxylation is 1. The van der Waals surface area contributed by atoms with Crippen molar-refractivity contribution < 1.29 is 4.79 Å². The van der Waals surface area contributed by atoms with E-state index in [0.29, 0.717) is 17.8 Å². The van der Waals surface area contributed by atoms with Gasteiger partial charge in [0.1, 0.15) is 0 Å². The van der Waals surface area contributed by atoms with Gasteiger partial charge < -0.3 is 9.30 Å². The average molecular weight is 283 g/mol. The fourth-order valence-corrected chi connectivity index (χ4v) is 4.34. The number of rotatable bonds is 1. The van der Waals surface area contributed by atoms with Crippen molar-refractivity contribution in [3.05, 3.63) is 35.9 Å². The number of pyridine rings is 1. The molecule has 2 fully saturated rings. The smallest absolute Gasteiger partial charge is 0.219 e. The molecular formula is C17H21N3O. The van der Waals surface area contributed by atoms with Crippen LogP contribution in [0.1, 0.15) is 36.8 Å². The van der Waals surface area contributed by atoms with Gasteiger partial charge in [0.25, 0.3) is 0 Å². The van der Waals surface area contributed by atoms with Gasteiger partial charge in [-0.1, -0.05) is 6.07 Å². The third kappa shape index (κ3) is 2.04. The second kappa shape index (κ2) is 4.58. The molecule has 3 heterocycles. The molecule has 0 spiro atoms. The van der Waals surface area contributed by atoms with Crippen LogP contribution in [0.5, 0.6) is 0 Å². The predicted molar refractivity (Wildman–Crippen MR) is 81.1 cm³/mol. The molecule has 1 saturated carbocycles. The van der Waals surface area contributed by atoms with E-state index < -0.39 is 0 Å². The topological polar surface area (TPSA) is 37.6 Å². The maximum atomic E-state index is 11.5. The minimum atomic E-state index is 0.231. The van der Waals surface area contributed by atoms with Crippen molar-refractivity contribution in [1.29, 1.82) is 0 Å². The Hall–Kier alpha value is -1.84. The molecule has 3 atom stereocenters. The van der Waals surface area contributed by atoms with Crippen LogP contribution in [-0.2, 0) is 4.79 Å². The van der Waals surface area contributed by atoms with Gasteiger partial charge in [0, 0.05) is 26.2 Å². The molecule has 0 bridgehead atoms. The van der Waals surface area contributed by atoms with Gasteiger partial charge in [0.2, 0.25) is 5.91 Å². The molecule has 0 aromatic carbocycles. The average Bonchev–Trinajstić information content (AvgIpc) is 3.09. The second-order valence-corrected chi connectivity index (χ2v) is 6.77. The van der Waals surface area contributed by atoms with Crippen LogP contribution in [0.2, 0.25) is 0 Å². The molecule has 1 aliphatic heterocycles. The van der Waals surface area contributed by atoms with Gasteiger partial charge in [-0.3, -0.25) is 4.79 Å². The van der Waals surface area contributed by atoms with Gasteiger partial charge >= 0.3 is 0 Å². The molecule has 4 heteroatoms. The molecule has 4 rings (SSSR count). The Bertz CT molecular complexity index is 691. The molecule has 110 valence electrons. The minimum Gasteiger partial charge on any atom is -0.342 e. The first kappa shape index (κ1) is 12.9. The van der Waals surface area contributed by atoms with E-state index in [1.807, 2.05) is 17.4 Å². The highest BCUT2D eigenvalue weighted by atomic mass is 16.2. The van der Waals surface area contributed by atoms with Crippen LogP contribution >= 0.6 is 0 Å². The van der Waals surface area contributed by atoms with E-state index in [0.717, 1.165) is 13.1 Å². The molecule has 2 aromatic heterocycles. The maximum Gasteiger partial charge on any atom is 0.219 e. The van der Waals surface area contributed by atoms with Crippen molar-refractivity contribution >= 4 is 11.4 Å². The molecule has 2 aliphatic rings. The Kier molecular flexibility index (Phi) is 2.81. The standard InChI is InChI=1S/C17H21N3O/c1-11-3-16(17-6-18-10-20(17)7-11)13-4-14-8-19(12(2)21)9-15(14)5-13/h3,6-7,10,13-15H,4-5,8-9H2,1-2H3/t13?,14-,15+. The van der Waals surface area contributed by atoms with Crippen LogP contribution in [0.3, 0.4) is 0 Å². The molecule has 21 heavy (non-hydrogen) atoms. The SMILES string of the molecule is CC(=O)N1C[C@H]2CC(c3cc(C)cn4cncc34)C[C@H]2C1. The highest BCUT2D eigenvalue weighted by molar-refractivity contribution is 5.73. The van der Waals surface area contributed by atoms with Gasteiger partial charge in [-0.05, 0) is 48.6 Å². The van der Waals surface area contributed by atoms with E-state index in [2.05, 4.69) is 28.6 Å². The number of likely N-dealkylation sites (tertiary alicyclic amines) is 1. The molecule has 4 nitrogen and oxygen atoms in total. The molecule has 1 amide bonds. The summed E-state index contributed by atoms with van der Waals surface area (Å²) in [5.74, 6) is 2.22. The van der Waals surface area contributed by atoms with Crippen molar-refractivity contribution in [2.75, 3.05) is 13.1 Å². The Morgan fingerprint density at radius 2 is 2.00 bits per heavy atom. The summed E-state index contributed by atoms with van der Waals surface area (Å²) < 4.78 is 2.14. The Balaban J connectivity index is 1.62. The predicted octanol–water partition coefficient (Wildman–Crippen LogP) is 2.61. The van der Waals surface area contributed by atoms with Gasteiger partial charge in [-0.25, -0.2) is 4.98 Å². The monoisotopic (exact) mass is 283 g/mol. The molecule has 0 radical (unpaired) electrons. The van der Waals surface area contributed by atoms with Crippen molar-refractivity contribution in [3.63, 3.8) is 0 Å². The van der Waals surface area contributed by atoms with Crippen LogP contribution in [0.4, 0.5) is 0 Å². The molecule has 1 saturated heterocycles. The van der Waals surface area contributed by atoms with Gasteiger partial charge in [0.05, 0.1) is 18.0 Å². The number of amides is 1. The summed E-state index contributed by atoms with van der Waals surface area (Å²) in [4.78, 5) is 17.8. The van der Waals surface area contributed by atoms with Crippen molar-refractivity contribution in [1.82, 2.24) is 14.3 Å². The zero-order valence-electron chi connectivity index (χ0n) is 12.6. The van der Waals surface area contributed by atoms with E-state index in [-0.39, 0.29) is 5.91 Å². The number of nitrogens with zero attached hydrogens (tertiary/aromatic N) is 3. The summed E-state index contributed by atoms with van der Waals surface area (Å²) in [6, 6.07) is 2.32. The Morgan fingerprint density at radius 1 is 1.29 bits per heavy atom. The maximum absolute atomic E-state index is 11.5. The van der Waals surface area contributed by atoms with E-state index >= 15 is 0 Å². The first-order chi connectivity index (χ1) is 10.1. The highest BCUT2D eigenvalue weighted by Gasteiger charge is 2.42. The fraction of sp³-hybridized carbons (Fsp3) is 0.529. The van der Waals surface area contributed by atoms with Crippen molar-refractivity contribution in [3.8, 4) is 0 Å². The van der Waals surface area contributed by atoms with Crippen LogP contribution in [0.25, 0.3) is 5.52 Å². The van der Waals surface area contributed by atoms with Crippen molar-refractivity contribution in [2.24, 2.45) is 11.8 Å². The number of hydrogen-bond acceptors (Lipinski definition) is 2. The van der Waals surface area contributed by atoms with Gasteiger partial charge in [0.15, 0.2) is 0 Å². The number of aromatic nitrogens is 2. The Labute approximate surface area is 124 Å². The molecule has 2 aromatic rings. The summed E-state index contributed by atoms with van der Waals surface area (Å²) in [5.41, 5.74) is 3.98. The first-order valence-corrected chi connectivity index (χ1v) is 7.79. The number of hydrogen-bond donors (Lipinski definition) is 0. The highest BCUT2D eigenvalue weighted by Crippen LogP contribution is 2.47. The minimum absolute atomic E-state index is 0.231. The van der Waals surface area contributed by atoms with Crippen molar-refractivity contribution in [2.45, 2.75) is 32.6 Å². The summed E-state index contributed by atoms with van der Waals surface area (Å²) in [7, 11) is 0. The third-order valence-electron chi connectivity index (χ3n) is 5.32. The van der Waals surface area contributed by atoms with E-state index in [4.69, 9.17) is 0 Å². The number of imidazole rings is 1. The lowest BCUT2D eigenvalue weighted by Gasteiger charge is -2.18. The van der Waals surface area contributed by atoms with Crippen LogP contribution < -0.4 is 0 Å². The lowest BCUT2D eigenvalue weighted by Crippen LogP contribution is -2.27. The lowest BCUT2D eigenvalue weighted by molar-refractivity contribution is -0.128. The van der Waals surface area contributed by atoms with Crippen LogP contribution in [0, 0.1) is 18.8 Å². The number of carbonyl (C=O) groups is 1. The number of carbonyl (C=O) groups excluding carboxylic acids is 1. The summed E-state index contributed by atoms with van der Waals surface area (Å²) in [6.07, 6.45) is 8.42. The van der Waals surface area contributed by atoms with E-state index in [1.165, 1.54) is 29.5 Å². The second-order valence-electron chi connectivity index (χ2n) is 6.77.